The summed E-state index contributed by atoms with van der Waals surface area (Å²) in [6.07, 6.45) is 0. The molecule has 2 nitrogen and oxygen atoms in total. The van der Waals surface area contributed by atoms with Crippen LogP contribution in [0.25, 0.3) is 0 Å². The summed E-state index contributed by atoms with van der Waals surface area (Å²) in [4.78, 5) is 0. The minimum Gasteiger partial charge on any atom is -0.383 e. The van der Waals surface area contributed by atoms with E-state index in [1.54, 1.807) is 7.11 Å². The number of hydrogen-bond donors (Lipinski definition) is 1. The Bertz CT molecular complexity index is 286. The third-order valence-electron chi connectivity index (χ3n) is 1.69. The van der Waals surface area contributed by atoms with Crippen molar-refractivity contribution in [2.45, 2.75) is 13.0 Å². The van der Waals surface area contributed by atoms with E-state index < -0.39 is 0 Å². The third kappa shape index (κ3) is 3.86. The van der Waals surface area contributed by atoms with Gasteiger partial charge in [0.15, 0.2) is 0 Å². The predicted molar refractivity (Wildman–Crippen MR) is 64.1 cm³/mol. The number of ether oxygens (including phenoxy) is 1. The molecule has 78 valence electrons. The van der Waals surface area contributed by atoms with Gasteiger partial charge in [-0.2, -0.15) is 0 Å². The molecule has 0 saturated carbocycles. The maximum absolute atomic E-state index is 5.91. The zero-order valence-corrected chi connectivity index (χ0v) is 10.5. The largest absolute Gasteiger partial charge is 0.383 e. The number of halogens is 2. The van der Waals surface area contributed by atoms with Crippen LogP contribution in [0.2, 0.25) is 5.02 Å². The summed E-state index contributed by atoms with van der Waals surface area (Å²) in [5.74, 6) is 0. The lowest BCUT2D eigenvalue weighted by atomic mass is 10.3. The maximum atomic E-state index is 5.91. The van der Waals surface area contributed by atoms with Gasteiger partial charge >= 0.3 is 0 Å². The zero-order chi connectivity index (χ0) is 10.6. The number of hydrogen-bond acceptors (Lipinski definition) is 2. The van der Waals surface area contributed by atoms with Crippen molar-refractivity contribution in [3.05, 3.63) is 27.7 Å². The molecule has 1 aromatic carbocycles. The smallest absolute Gasteiger partial charge is 0.0661 e. The first-order valence-corrected chi connectivity index (χ1v) is 5.50. The lowest BCUT2D eigenvalue weighted by Crippen LogP contribution is -2.20. The fourth-order valence-corrected chi connectivity index (χ4v) is 2.07. The molecule has 0 amide bonds. The summed E-state index contributed by atoms with van der Waals surface area (Å²) in [5.41, 5.74) is 0.994. The minimum absolute atomic E-state index is 0.269. The van der Waals surface area contributed by atoms with E-state index in [0.29, 0.717) is 11.6 Å². The van der Waals surface area contributed by atoms with Gasteiger partial charge < -0.3 is 10.1 Å². The first kappa shape index (κ1) is 11.8. The summed E-state index contributed by atoms with van der Waals surface area (Å²) in [7, 11) is 1.69. The van der Waals surface area contributed by atoms with Crippen molar-refractivity contribution >= 4 is 33.2 Å². The number of rotatable bonds is 4. The van der Waals surface area contributed by atoms with Crippen LogP contribution in [0, 0.1) is 0 Å². The fourth-order valence-electron chi connectivity index (χ4n) is 1.21. The molecular formula is C10H13BrClNO. The predicted octanol–water partition coefficient (Wildman–Crippen LogP) is 3.55. The van der Waals surface area contributed by atoms with Gasteiger partial charge in [0.1, 0.15) is 0 Å². The Labute approximate surface area is 97.7 Å². The number of methoxy groups -OCH3 is 1. The molecule has 1 unspecified atom stereocenters. The van der Waals surface area contributed by atoms with E-state index in [9.17, 15) is 0 Å². The van der Waals surface area contributed by atoms with Crippen LogP contribution in [0.15, 0.2) is 22.7 Å². The Hall–Kier alpha value is -0.250. The van der Waals surface area contributed by atoms with Crippen molar-refractivity contribution in [2.75, 3.05) is 19.0 Å². The van der Waals surface area contributed by atoms with Crippen LogP contribution in [0.4, 0.5) is 5.69 Å². The molecular weight excluding hydrogens is 265 g/mol. The Balaban J connectivity index is 2.66. The van der Waals surface area contributed by atoms with Gasteiger partial charge in [0.25, 0.3) is 0 Å². The second-order valence-electron chi connectivity index (χ2n) is 3.16. The highest BCUT2D eigenvalue weighted by atomic mass is 79.9. The molecule has 1 aromatic rings. The van der Waals surface area contributed by atoms with Crippen LogP contribution in [0.3, 0.4) is 0 Å². The van der Waals surface area contributed by atoms with Crippen molar-refractivity contribution in [3.8, 4) is 0 Å². The monoisotopic (exact) mass is 277 g/mol. The van der Waals surface area contributed by atoms with Crippen molar-refractivity contribution in [1.29, 1.82) is 0 Å². The lowest BCUT2D eigenvalue weighted by molar-refractivity contribution is 0.190. The van der Waals surface area contributed by atoms with Gasteiger partial charge in [-0.05, 0) is 25.1 Å². The second-order valence-corrected chi connectivity index (χ2v) is 4.51. The Morgan fingerprint density at radius 3 is 2.79 bits per heavy atom. The van der Waals surface area contributed by atoms with Crippen LogP contribution in [0.1, 0.15) is 6.92 Å². The van der Waals surface area contributed by atoms with Gasteiger partial charge in [-0.1, -0.05) is 27.5 Å². The Morgan fingerprint density at radius 1 is 1.50 bits per heavy atom. The SMILES string of the molecule is COCC(C)Nc1cc(Cl)cc(Br)c1. The molecule has 0 aliphatic carbocycles. The standard InChI is InChI=1S/C10H13BrClNO/c1-7(6-14-2)13-10-4-8(11)3-9(12)5-10/h3-5,7,13H,6H2,1-2H3. The third-order valence-corrected chi connectivity index (χ3v) is 2.37. The molecule has 0 aliphatic heterocycles. The van der Waals surface area contributed by atoms with Gasteiger partial charge in [-0.3, -0.25) is 0 Å². The summed E-state index contributed by atoms with van der Waals surface area (Å²) in [6, 6.07) is 6.00. The van der Waals surface area contributed by atoms with E-state index in [1.807, 2.05) is 18.2 Å². The molecule has 0 heterocycles. The van der Waals surface area contributed by atoms with Crippen LogP contribution < -0.4 is 5.32 Å². The number of benzene rings is 1. The number of nitrogens with one attached hydrogen (secondary N) is 1. The van der Waals surface area contributed by atoms with E-state index in [0.717, 1.165) is 10.2 Å². The van der Waals surface area contributed by atoms with E-state index in [-0.39, 0.29) is 6.04 Å². The summed E-state index contributed by atoms with van der Waals surface area (Å²) >= 11 is 9.30. The summed E-state index contributed by atoms with van der Waals surface area (Å²) < 4.78 is 6.00. The molecule has 0 aromatic heterocycles. The van der Waals surface area contributed by atoms with Gasteiger partial charge in [0, 0.05) is 28.3 Å². The van der Waals surface area contributed by atoms with E-state index in [2.05, 4.69) is 28.2 Å². The molecule has 0 saturated heterocycles. The summed E-state index contributed by atoms with van der Waals surface area (Å²) in [6.45, 7) is 2.72. The molecule has 0 aliphatic rings. The maximum Gasteiger partial charge on any atom is 0.0661 e. The molecule has 4 heteroatoms. The van der Waals surface area contributed by atoms with Crippen molar-refractivity contribution in [3.63, 3.8) is 0 Å². The lowest BCUT2D eigenvalue weighted by Gasteiger charge is -2.14. The fraction of sp³-hybridized carbons (Fsp3) is 0.400. The average molecular weight is 279 g/mol. The highest BCUT2D eigenvalue weighted by Gasteiger charge is 2.02. The van der Waals surface area contributed by atoms with Gasteiger partial charge in [0.2, 0.25) is 0 Å². The zero-order valence-electron chi connectivity index (χ0n) is 8.18. The van der Waals surface area contributed by atoms with Crippen LogP contribution in [0.5, 0.6) is 0 Å². The Kier molecular flexibility index (Phi) is 4.72. The minimum atomic E-state index is 0.269. The molecule has 0 radical (unpaired) electrons. The first-order chi connectivity index (χ1) is 6.61. The number of anilines is 1. The highest BCUT2D eigenvalue weighted by Crippen LogP contribution is 2.23. The molecule has 14 heavy (non-hydrogen) atoms. The average Bonchev–Trinajstić information content (AvgIpc) is 2.01. The van der Waals surface area contributed by atoms with Crippen molar-refractivity contribution < 1.29 is 4.74 Å². The van der Waals surface area contributed by atoms with Gasteiger partial charge in [-0.15, -0.1) is 0 Å². The normalized spacial score (nSPS) is 12.6. The van der Waals surface area contributed by atoms with Gasteiger partial charge in [0.05, 0.1) is 6.61 Å². The van der Waals surface area contributed by atoms with E-state index in [1.165, 1.54) is 0 Å². The van der Waals surface area contributed by atoms with E-state index in [4.69, 9.17) is 16.3 Å². The Morgan fingerprint density at radius 2 is 2.21 bits per heavy atom. The quantitative estimate of drug-likeness (QED) is 0.909. The second kappa shape index (κ2) is 5.59. The molecule has 0 bridgehead atoms. The molecule has 0 fully saturated rings. The van der Waals surface area contributed by atoms with Gasteiger partial charge in [-0.25, -0.2) is 0 Å². The first-order valence-electron chi connectivity index (χ1n) is 4.33. The molecule has 0 spiro atoms. The van der Waals surface area contributed by atoms with Crippen LogP contribution >= 0.6 is 27.5 Å². The van der Waals surface area contributed by atoms with Crippen molar-refractivity contribution in [1.82, 2.24) is 0 Å². The summed E-state index contributed by atoms with van der Waals surface area (Å²) in [5, 5.41) is 4.00. The molecule has 1 N–H and O–H groups in total. The van der Waals surface area contributed by atoms with Crippen LogP contribution in [-0.2, 0) is 4.74 Å². The van der Waals surface area contributed by atoms with Crippen molar-refractivity contribution in [2.24, 2.45) is 0 Å². The van der Waals surface area contributed by atoms with E-state index >= 15 is 0 Å². The molecule has 1 atom stereocenters. The topological polar surface area (TPSA) is 21.3 Å². The van der Waals surface area contributed by atoms with Crippen LogP contribution in [-0.4, -0.2) is 19.8 Å². The highest BCUT2D eigenvalue weighted by molar-refractivity contribution is 9.10. The molecule has 1 rings (SSSR count).